The third-order valence-corrected chi connectivity index (χ3v) is 1.27. The minimum Gasteiger partial charge on any atom is -0.397 e. The Kier molecular flexibility index (Phi) is 0.913. The number of fused-ring (bicyclic) bond motifs is 1. The lowest BCUT2D eigenvalue weighted by Gasteiger charge is -1.92. The van der Waals surface area contributed by atoms with Gasteiger partial charge in [-0.05, 0) is 0 Å². The second-order valence-electron chi connectivity index (χ2n) is 1.82. The van der Waals surface area contributed by atoms with Crippen molar-refractivity contribution in [1.29, 1.82) is 0 Å². The van der Waals surface area contributed by atoms with E-state index in [0.29, 0.717) is 5.78 Å². The van der Waals surface area contributed by atoms with Crippen molar-refractivity contribution in [3.8, 4) is 0 Å². The molecule has 0 aliphatic rings. The normalized spacial score (nSPS) is 10.5. The molecule has 0 saturated carbocycles. The fourth-order valence-corrected chi connectivity index (χ4v) is 0.826. The van der Waals surface area contributed by atoms with E-state index in [-0.39, 0.29) is 0 Å². The predicted molar refractivity (Wildman–Crippen MR) is 33.5 cm³/mol. The highest BCUT2D eigenvalue weighted by atomic mass is 16.7. The maximum absolute atomic E-state index is 4.85. The minimum atomic E-state index is 0.683. The zero-order chi connectivity index (χ0) is 6.97. The highest BCUT2D eigenvalue weighted by Crippen LogP contribution is 1.94. The van der Waals surface area contributed by atoms with E-state index in [1.165, 1.54) is 4.85 Å². The molecule has 10 heavy (non-hydrogen) atoms. The number of hydrogen-bond acceptors (Lipinski definition) is 3. The number of hydrogen-bond donors (Lipinski definition) is 0. The molecule has 0 aliphatic heterocycles. The molecule has 2 aromatic heterocycles. The Morgan fingerprint density at radius 1 is 1.60 bits per heavy atom. The molecule has 52 valence electrons. The second kappa shape index (κ2) is 1.73. The van der Waals surface area contributed by atoms with Crippen LogP contribution in [0.4, 0.5) is 0 Å². The third kappa shape index (κ3) is 0.513. The lowest BCUT2D eigenvalue weighted by atomic mass is 10.9. The van der Waals surface area contributed by atoms with Gasteiger partial charge in [0.15, 0.2) is 0 Å². The Labute approximate surface area is 56.8 Å². The quantitative estimate of drug-likeness (QED) is 0.538. The van der Waals surface area contributed by atoms with E-state index in [1.807, 2.05) is 0 Å². The smallest absolute Gasteiger partial charge is 0.270 e. The van der Waals surface area contributed by atoms with Crippen molar-refractivity contribution in [2.75, 3.05) is 7.11 Å². The van der Waals surface area contributed by atoms with Gasteiger partial charge >= 0.3 is 0 Å². The summed E-state index contributed by atoms with van der Waals surface area (Å²) in [6, 6.07) is 0. The van der Waals surface area contributed by atoms with Gasteiger partial charge in [0, 0.05) is 12.4 Å². The van der Waals surface area contributed by atoms with Crippen LogP contribution >= 0.6 is 0 Å². The minimum absolute atomic E-state index is 0.683. The van der Waals surface area contributed by atoms with Crippen molar-refractivity contribution in [2.45, 2.75) is 0 Å². The average molecular weight is 138 g/mol. The van der Waals surface area contributed by atoms with Crippen LogP contribution in [0.3, 0.4) is 0 Å². The molecule has 0 aliphatic carbocycles. The maximum atomic E-state index is 4.85. The fourth-order valence-electron chi connectivity index (χ4n) is 0.826. The molecule has 0 fully saturated rings. The summed E-state index contributed by atoms with van der Waals surface area (Å²) in [5, 5.41) is 3.87. The summed E-state index contributed by atoms with van der Waals surface area (Å²) in [7, 11) is 1.54. The van der Waals surface area contributed by atoms with Gasteiger partial charge in [-0.3, -0.25) is 4.40 Å². The molecule has 0 spiro atoms. The summed E-state index contributed by atoms with van der Waals surface area (Å²) in [4.78, 5) is 10.2. The monoisotopic (exact) mass is 138 g/mol. The van der Waals surface area contributed by atoms with Crippen molar-refractivity contribution in [3.63, 3.8) is 0 Å². The van der Waals surface area contributed by atoms with Gasteiger partial charge < -0.3 is 4.84 Å². The predicted octanol–water partition coefficient (Wildman–Crippen LogP) is -0.411. The zero-order valence-electron chi connectivity index (χ0n) is 5.43. The van der Waals surface area contributed by atoms with Gasteiger partial charge in [-0.25, -0.2) is 4.98 Å². The van der Waals surface area contributed by atoms with Crippen LogP contribution in [-0.4, -0.2) is 26.4 Å². The van der Waals surface area contributed by atoms with Crippen molar-refractivity contribution in [3.05, 3.63) is 18.7 Å². The first-order valence-corrected chi connectivity index (χ1v) is 2.83. The van der Waals surface area contributed by atoms with E-state index in [4.69, 9.17) is 4.84 Å². The number of nitrogens with zero attached hydrogens (tertiary/aromatic N) is 4. The molecule has 0 atom stereocenters. The summed E-state index contributed by atoms with van der Waals surface area (Å²) < 4.78 is 1.77. The van der Waals surface area contributed by atoms with Crippen molar-refractivity contribution in [1.82, 2.24) is 19.3 Å². The Bertz CT molecular complexity index is 336. The summed E-state index contributed by atoms with van der Waals surface area (Å²) in [6.45, 7) is 0. The van der Waals surface area contributed by atoms with E-state index in [9.17, 15) is 0 Å². The first-order chi connectivity index (χ1) is 4.92. The third-order valence-electron chi connectivity index (χ3n) is 1.27. The van der Waals surface area contributed by atoms with Crippen LogP contribution in [0.15, 0.2) is 18.7 Å². The van der Waals surface area contributed by atoms with Gasteiger partial charge in [-0.2, -0.15) is 0 Å². The van der Waals surface area contributed by atoms with Crippen molar-refractivity contribution in [2.24, 2.45) is 0 Å². The van der Waals surface area contributed by atoms with Crippen LogP contribution in [0.2, 0.25) is 0 Å². The molecule has 0 N–H and O–H groups in total. The lowest BCUT2D eigenvalue weighted by molar-refractivity contribution is 0.143. The molecule has 0 unspecified atom stereocenters. The molecule has 5 heteroatoms. The lowest BCUT2D eigenvalue weighted by Crippen LogP contribution is -2.07. The van der Waals surface area contributed by atoms with Crippen LogP contribution < -0.4 is 4.84 Å². The number of aromatic nitrogens is 4. The average Bonchev–Trinajstić information content (AvgIpc) is 2.44. The summed E-state index contributed by atoms with van der Waals surface area (Å²) in [6.07, 6.45) is 5.12. The van der Waals surface area contributed by atoms with E-state index < -0.39 is 0 Å². The molecule has 2 aromatic rings. The zero-order valence-corrected chi connectivity index (χ0v) is 5.43. The first kappa shape index (κ1) is 5.28. The van der Waals surface area contributed by atoms with E-state index in [0.717, 1.165) is 0 Å². The molecule has 0 saturated heterocycles. The number of imidazole rings is 1. The van der Waals surface area contributed by atoms with Crippen molar-refractivity contribution >= 4 is 5.78 Å². The fraction of sp³-hybridized carbons (Fsp3) is 0.200. The maximum Gasteiger partial charge on any atom is 0.270 e. The summed E-state index contributed by atoms with van der Waals surface area (Å²) >= 11 is 0. The van der Waals surface area contributed by atoms with Crippen LogP contribution in [0, 0.1) is 0 Å². The van der Waals surface area contributed by atoms with E-state index >= 15 is 0 Å². The molecule has 0 bridgehead atoms. The summed E-state index contributed by atoms with van der Waals surface area (Å²) in [5.74, 6) is 0.683. The standard InChI is InChI=1S/C5H6N4O/c1-10-9-5-6-2-3-8(5)4-7-9/h2-4H,1H3. The highest BCUT2D eigenvalue weighted by Gasteiger charge is 1.99. The molecule has 0 radical (unpaired) electrons. The highest BCUT2D eigenvalue weighted by molar-refractivity contribution is 5.25. The summed E-state index contributed by atoms with van der Waals surface area (Å²) in [5.41, 5.74) is 0. The molecular weight excluding hydrogens is 132 g/mol. The Morgan fingerprint density at radius 3 is 3.30 bits per heavy atom. The van der Waals surface area contributed by atoms with E-state index in [1.54, 1.807) is 30.2 Å². The number of rotatable bonds is 1. The van der Waals surface area contributed by atoms with Crippen molar-refractivity contribution < 1.29 is 4.84 Å². The SMILES string of the molecule is COn1ncn2ccnc12. The van der Waals surface area contributed by atoms with Gasteiger partial charge in [0.2, 0.25) is 0 Å². The van der Waals surface area contributed by atoms with Crippen LogP contribution in [0.25, 0.3) is 5.78 Å². The van der Waals surface area contributed by atoms with Gasteiger partial charge in [0.05, 0.1) is 0 Å². The van der Waals surface area contributed by atoms with Gasteiger partial charge in [-0.1, -0.05) is 4.85 Å². The first-order valence-electron chi connectivity index (χ1n) is 2.83. The molecule has 2 rings (SSSR count). The topological polar surface area (TPSA) is 44.4 Å². The van der Waals surface area contributed by atoms with Gasteiger partial charge in [0.25, 0.3) is 5.78 Å². The Balaban J connectivity index is 2.76. The second-order valence-corrected chi connectivity index (χ2v) is 1.82. The van der Waals surface area contributed by atoms with Crippen LogP contribution in [0.1, 0.15) is 0 Å². The molecule has 0 amide bonds. The molecule has 5 nitrogen and oxygen atoms in total. The van der Waals surface area contributed by atoms with Gasteiger partial charge in [-0.15, -0.1) is 5.10 Å². The largest absolute Gasteiger partial charge is 0.397 e. The van der Waals surface area contributed by atoms with Crippen LogP contribution in [-0.2, 0) is 0 Å². The molecule has 2 heterocycles. The Morgan fingerprint density at radius 2 is 2.50 bits per heavy atom. The van der Waals surface area contributed by atoms with E-state index in [2.05, 4.69) is 10.1 Å². The Hall–Kier alpha value is -1.52. The molecule has 0 aromatic carbocycles. The van der Waals surface area contributed by atoms with Crippen LogP contribution in [0.5, 0.6) is 0 Å². The van der Waals surface area contributed by atoms with Gasteiger partial charge in [0.1, 0.15) is 13.4 Å². The molecular formula is C5H6N4O.